The Kier molecular flexibility index (Phi) is 2.36. The van der Waals surface area contributed by atoms with Gasteiger partial charge in [0.2, 0.25) is 0 Å². The summed E-state index contributed by atoms with van der Waals surface area (Å²) >= 11 is 5.94. The van der Waals surface area contributed by atoms with Gasteiger partial charge in [0.15, 0.2) is 5.65 Å². The largest absolute Gasteiger partial charge is 0.311 e. The first kappa shape index (κ1) is 10.1. The zero-order chi connectivity index (χ0) is 11.1. The van der Waals surface area contributed by atoms with Crippen molar-refractivity contribution in [1.82, 2.24) is 14.5 Å². The van der Waals surface area contributed by atoms with E-state index < -0.39 is 0 Å². The van der Waals surface area contributed by atoms with Gasteiger partial charge >= 0.3 is 0 Å². The van der Waals surface area contributed by atoms with E-state index in [1.54, 1.807) is 0 Å². The minimum Gasteiger partial charge on any atom is -0.311 e. The molecule has 2 aromatic rings. The van der Waals surface area contributed by atoms with Gasteiger partial charge in [0.1, 0.15) is 11.3 Å². The highest BCUT2D eigenvalue weighted by Gasteiger charge is 2.24. The monoisotopic (exact) mass is 235 g/mol. The molecule has 84 valence electrons. The Morgan fingerprint density at radius 3 is 2.88 bits per heavy atom. The molecule has 0 amide bonds. The van der Waals surface area contributed by atoms with Crippen LogP contribution in [-0.4, -0.2) is 14.5 Å². The number of halogens is 1. The van der Waals surface area contributed by atoms with Crippen LogP contribution in [0.1, 0.15) is 24.4 Å². The third-order valence-corrected chi connectivity index (χ3v) is 3.31. The number of pyridine rings is 1. The van der Waals surface area contributed by atoms with Gasteiger partial charge in [0, 0.05) is 12.2 Å². The van der Waals surface area contributed by atoms with E-state index in [9.17, 15) is 0 Å². The summed E-state index contributed by atoms with van der Waals surface area (Å²) in [5, 5.41) is 0. The summed E-state index contributed by atoms with van der Waals surface area (Å²) in [5.74, 6) is 2.21. The molecule has 1 fully saturated rings. The molecular weight excluding hydrogens is 222 g/mol. The van der Waals surface area contributed by atoms with Crippen LogP contribution in [0.25, 0.3) is 11.2 Å². The number of alkyl halides is 1. The second-order valence-corrected chi connectivity index (χ2v) is 4.78. The number of aryl methyl sites for hydroxylation is 1. The van der Waals surface area contributed by atoms with E-state index >= 15 is 0 Å². The molecule has 3 nitrogen and oxygen atoms in total. The molecule has 16 heavy (non-hydrogen) atoms. The zero-order valence-electron chi connectivity index (χ0n) is 9.28. The van der Waals surface area contributed by atoms with Crippen LogP contribution in [0, 0.1) is 12.8 Å². The molecule has 0 N–H and O–H groups in total. The number of imidazole rings is 1. The maximum absolute atomic E-state index is 5.94. The third kappa shape index (κ3) is 1.69. The molecule has 2 aromatic heterocycles. The summed E-state index contributed by atoms with van der Waals surface area (Å²) in [4.78, 5) is 9.09. The van der Waals surface area contributed by atoms with E-state index in [0.717, 1.165) is 35.1 Å². The fraction of sp³-hybridized carbons (Fsp3) is 0.500. The molecule has 1 saturated carbocycles. The second-order valence-electron chi connectivity index (χ2n) is 4.51. The summed E-state index contributed by atoms with van der Waals surface area (Å²) in [7, 11) is 0. The Hall–Kier alpha value is -1.09. The molecule has 0 radical (unpaired) electrons. The lowest BCUT2D eigenvalue weighted by Gasteiger charge is -2.05. The molecule has 0 bridgehead atoms. The SMILES string of the molecule is Cc1ccc2nc(CCl)n(CC3CC3)c2n1. The van der Waals surface area contributed by atoms with Gasteiger partial charge in [-0.25, -0.2) is 9.97 Å². The molecule has 4 heteroatoms. The van der Waals surface area contributed by atoms with Gasteiger partial charge in [-0.3, -0.25) is 0 Å². The number of aromatic nitrogens is 3. The Labute approximate surface area is 99.5 Å². The summed E-state index contributed by atoms with van der Waals surface area (Å²) in [6.07, 6.45) is 2.65. The molecular formula is C12H14ClN3. The highest BCUT2D eigenvalue weighted by atomic mass is 35.5. The minimum atomic E-state index is 0.460. The van der Waals surface area contributed by atoms with Crippen LogP contribution in [0.5, 0.6) is 0 Å². The normalized spacial score (nSPS) is 15.9. The smallest absolute Gasteiger partial charge is 0.160 e. The van der Waals surface area contributed by atoms with Crippen LogP contribution in [0.3, 0.4) is 0 Å². The molecule has 0 atom stereocenters. The molecule has 0 saturated heterocycles. The van der Waals surface area contributed by atoms with Gasteiger partial charge in [0.05, 0.1) is 5.88 Å². The molecule has 3 rings (SSSR count). The molecule has 0 aromatic carbocycles. The van der Waals surface area contributed by atoms with E-state index in [1.807, 2.05) is 19.1 Å². The maximum Gasteiger partial charge on any atom is 0.160 e. The highest BCUT2D eigenvalue weighted by Crippen LogP contribution is 2.32. The van der Waals surface area contributed by atoms with Gasteiger partial charge in [-0.05, 0) is 37.8 Å². The van der Waals surface area contributed by atoms with Crippen LogP contribution >= 0.6 is 11.6 Å². The van der Waals surface area contributed by atoms with Crippen molar-refractivity contribution >= 4 is 22.8 Å². The van der Waals surface area contributed by atoms with Crippen LogP contribution in [0.15, 0.2) is 12.1 Å². The quantitative estimate of drug-likeness (QED) is 0.766. The van der Waals surface area contributed by atoms with Crippen LogP contribution in [0.4, 0.5) is 0 Å². The van der Waals surface area contributed by atoms with E-state index in [2.05, 4.69) is 14.5 Å². The Balaban J connectivity index is 2.15. The Bertz CT molecular complexity index is 528. The van der Waals surface area contributed by atoms with E-state index in [1.165, 1.54) is 12.8 Å². The van der Waals surface area contributed by atoms with Crippen LogP contribution in [0.2, 0.25) is 0 Å². The average molecular weight is 236 g/mol. The molecule has 2 heterocycles. The second kappa shape index (κ2) is 3.74. The van der Waals surface area contributed by atoms with Crippen LogP contribution in [-0.2, 0) is 12.4 Å². The van der Waals surface area contributed by atoms with Gasteiger partial charge < -0.3 is 4.57 Å². The van der Waals surface area contributed by atoms with Crippen molar-refractivity contribution in [3.8, 4) is 0 Å². The van der Waals surface area contributed by atoms with E-state index in [0.29, 0.717) is 5.88 Å². The fourth-order valence-electron chi connectivity index (χ4n) is 2.00. The average Bonchev–Trinajstić information content (AvgIpc) is 3.02. The van der Waals surface area contributed by atoms with Gasteiger partial charge in [0.25, 0.3) is 0 Å². The first-order chi connectivity index (χ1) is 7.78. The molecule has 1 aliphatic carbocycles. The lowest BCUT2D eigenvalue weighted by atomic mass is 10.3. The number of rotatable bonds is 3. The lowest BCUT2D eigenvalue weighted by molar-refractivity contribution is 0.618. The summed E-state index contributed by atoms with van der Waals surface area (Å²) < 4.78 is 2.19. The van der Waals surface area contributed by atoms with Gasteiger partial charge in [-0.1, -0.05) is 0 Å². The lowest BCUT2D eigenvalue weighted by Crippen LogP contribution is -2.05. The summed E-state index contributed by atoms with van der Waals surface area (Å²) in [6.45, 7) is 3.03. The highest BCUT2D eigenvalue weighted by molar-refractivity contribution is 6.16. The fourth-order valence-corrected chi connectivity index (χ4v) is 2.20. The van der Waals surface area contributed by atoms with Crippen molar-refractivity contribution in [2.75, 3.05) is 0 Å². The van der Waals surface area contributed by atoms with Crippen molar-refractivity contribution in [2.45, 2.75) is 32.2 Å². The molecule has 0 spiro atoms. The minimum absolute atomic E-state index is 0.460. The summed E-state index contributed by atoms with van der Waals surface area (Å²) in [5.41, 5.74) is 2.98. The van der Waals surface area contributed by atoms with Crippen LogP contribution < -0.4 is 0 Å². The zero-order valence-corrected chi connectivity index (χ0v) is 10.0. The first-order valence-corrected chi connectivity index (χ1v) is 6.20. The molecule has 0 aliphatic heterocycles. The molecule has 0 unspecified atom stereocenters. The van der Waals surface area contributed by atoms with Crippen molar-refractivity contribution in [2.24, 2.45) is 5.92 Å². The Morgan fingerprint density at radius 1 is 1.38 bits per heavy atom. The van der Waals surface area contributed by atoms with E-state index in [4.69, 9.17) is 11.6 Å². The predicted molar refractivity (Wildman–Crippen MR) is 64.5 cm³/mol. The van der Waals surface area contributed by atoms with Crippen molar-refractivity contribution in [3.63, 3.8) is 0 Å². The number of hydrogen-bond donors (Lipinski definition) is 0. The van der Waals surface area contributed by atoms with Crippen molar-refractivity contribution in [3.05, 3.63) is 23.7 Å². The molecule has 1 aliphatic rings. The first-order valence-electron chi connectivity index (χ1n) is 5.66. The predicted octanol–water partition coefficient (Wildman–Crippen LogP) is 2.89. The Morgan fingerprint density at radius 2 is 2.19 bits per heavy atom. The number of nitrogens with zero attached hydrogens (tertiary/aromatic N) is 3. The summed E-state index contributed by atoms with van der Waals surface area (Å²) in [6, 6.07) is 4.02. The van der Waals surface area contributed by atoms with Gasteiger partial charge in [-0.2, -0.15) is 0 Å². The van der Waals surface area contributed by atoms with Crippen molar-refractivity contribution in [1.29, 1.82) is 0 Å². The maximum atomic E-state index is 5.94. The number of fused-ring (bicyclic) bond motifs is 1. The standard InChI is InChI=1S/C12H14ClN3/c1-8-2-5-10-12(14-8)16(7-9-3-4-9)11(6-13)15-10/h2,5,9H,3-4,6-7H2,1H3. The van der Waals surface area contributed by atoms with Gasteiger partial charge in [-0.15, -0.1) is 11.6 Å². The third-order valence-electron chi connectivity index (χ3n) is 3.07. The van der Waals surface area contributed by atoms with E-state index in [-0.39, 0.29) is 0 Å². The number of hydrogen-bond acceptors (Lipinski definition) is 2. The van der Waals surface area contributed by atoms with Crippen molar-refractivity contribution < 1.29 is 0 Å². The topological polar surface area (TPSA) is 30.7 Å².